The average Bonchev–Trinajstić information content (AvgIpc) is 2.44. The molecule has 110 valence electrons. The minimum absolute atomic E-state index is 0.0827. The number of rotatable bonds is 4. The summed E-state index contributed by atoms with van der Waals surface area (Å²) in [6.45, 7) is 1.45. The molecule has 0 atom stereocenters. The van der Waals surface area contributed by atoms with Gasteiger partial charge in [0.25, 0.3) is 5.69 Å². The van der Waals surface area contributed by atoms with Crippen LogP contribution in [0.5, 0.6) is 0 Å². The van der Waals surface area contributed by atoms with Gasteiger partial charge in [-0.2, -0.15) is 0 Å². The van der Waals surface area contributed by atoms with Crippen LogP contribution < -0.4 is 10.6 Å². The Balaban J connectivity index is 2.41. The first-order valence-corrected chi connectivity index (χ1v) is 6.10. The number of nitrogens with zero attached hydrogens (tertiary/aromatic N) is 1. The maximum Gasteiger partial charge on any atom is 0.273 e. The van der Waals surface area contributed by atoms with Crippen molar-refractivity contribution in [2.45, 2.75) is 6.92 Å². The molecule has 0 amide bonds. The molecule has 7 heteroatoms. The number of benzene rings is 2. The lowest BCUT2D eigenvalue weighted by atomic mass is 10.2. The van der Waals surface area contributed by atoms with Crippen molar-refractivity contribution in [1.82, 2.24) is 0 Å². The van der Waals surface area contributed by atoms with Crippen LogP contribution in [0, 0.1) is 28.7 Å². The van der Waals surface area contributed by atoms with Crippen molar-refractivity contribution in [1.29, 1.82) is 0 Å². The number of halogens is 2. The topological polar surface area (TPSA) is 67.2 Å². The predicted molar refractivity (Wildman–Crippen MR) is 77.0 cm³/mol. The molecular formula is C14H13F2N3O2. The van der Waals surface area contributed by atoms with Gasteiger partial charge in [0.2, 0.25) is 0 Å². The van der Waals surface area contributed by atoms with E-state index in [9.17, 15) is 18.9 Å². The van der Waals surface area contributed by atoms with Crippen LogP contribution in [0.3, 0.4) is 0 Å². The highest BCUT2D eigenvalue weighted by molar-refractivity contribution is 5.69. The fraction of sp³-hybridized carbons (Fsp3) is 0.143. The molecule has 0 saturated carbocycles. The molecule has 2 aromatic carbocycles. The van der Waals surface area contributed by atoms with E-state index in [0.717, 1.165) is 12.1 Å². The molecule has 2 rings (SSSR count). The van der Waals surface area contributed by atoms with Crippen LogP contribution >= 0.6 is 0 Å². The van der Waals surface area contributed by atoms with Gasteiger partial charge in [-0.25, -0.2) is 8.78 Å². The molecule has 0 aliphatic heterocycles. The first-order chi connectivity index (χ1) is 9.90. The second kappa shape index (κ2) is 5.74. The molecule has 0 unspecified atom stereocenters. The molecule has 0 fully saturated rings. The fourth-order valence-electron chi connectivity index (χ4n) is 1.83. The smallest absolute Gasteiger partial charge is 0.273 e. The lowest BCUT2D eigenvalue weighted by Gasteiger charge is -2.10. The van der Waals surface area contributed by atoms with Crippen molar-refractivity contribution in [2.24, 2.45) is 0 Å². The molecule has 0 radical (unpaired) electrons. The highest BCUT2D eigenvalue weighted by atomic mass is 19.1. The Kier molecular flexibility index (Phi) is 4.02. The quantitative estimate of drug-likeness (QED) is 0.661. The Labute approximate surface area is 119 Å². The van der Waals surface area contributed by atoms with E-state index < -0.39 is 16.6 Å². The Hall–Kier alpha value is -2.70. The number of nitrogens with one attached hydrogen (secondary N) is 2. The summed E-state index contributed by atoms with van der Waals surface area (Å²) < 4.78 is 27.3. The maximum atomic E-state index is 13.8. The van der Waals surface area contributed by atoms with Crippen molar-refractivity contribution < 1.29 is 13.7 Å². The molecule has 2 N–H and O–H groups in total. The van der Waals surface area contributed by atoms with Gasteiger partial charge in [-0.05, 0) is 24.6 Å². The second-order valence-electron chi connectivity index (χ2n) is 4.48. The lowest BCUT2D eigenvalue weighted by Crippen LogP contribution is -1.99. The van der Waals surface area contributed by atoms with Gasteiger partial charge in [-0.3, -0.25) is 10.1 Å². The maximum absolute atomic E-state index is 13.8. The molecule has 0 bridgehead atoms. The predicted octanol–water partition coefficient (Wildman–Crippen LogP) is 3.97. The van der Waals surface area contributed by atoms with Crippen molar-refractivity contribution in [2.75, 3.05) is 17.7 Å². The summed E-state index contributed by atoms with van der Waals surface area (Å²) in [5.74, 6) is -1.19. The van der Waals surface area contributed by atoms with Crippen LogP contribution in [0.4, 0.5) is 31.5 Å². The molecule has 0 heterocycles. The third-order valence-corrected chi connectivity index (χ3v) is 2.94. The van der Waals surface area contributed by atoms with Gasteiger partial charge in [0.1, 0.15) is 11.6 Å². The Morgan fingerprint density at radius 2 is 1.71 bits per heavy atom. The van der Waals surface area contributed by atoms with Gasteiger partial charge < -0.3 is 10.6 Å². The van der Waals surface area contributed by atoms with Crippen LogP contribution in [0.25, 0.3) is 0 Å². The van der Waals surface area contributed by atoms with E-state index in [1.54, 1.807) is 13.1 Å². The number of hydrogen-bond acceptors (Lipinski definition) is 4. The van der Waals surface area contributed by atoms with Crippen LogP contribution in [0.2, 0.25) is 0 Å². The van der Waals surface area contributed by atoms with Crippen LogP contribution in [0.1, 0.15) is 5.56 Å². The van der Waals surface area contributed by atoms with E-state index >= 15 is 0 Å². The summed E-state index contributed by atoms with van der Waals surface area (Å²) >= 11 is 0. The highest BCUT2D eigenvalue weighted by Crippen LogP contribution is 2.28. The number of non-ortho nitro benzene ring substituents is 1. The minimum atomic E-state index is -0.633. The first-order valence-electron chi connectivity index (χ1n) is 6.10. The number of anilines is 3. The normalized spacial score (nSPS) is 10.3. The van der Waals surface area contributed by atoms with Gasteiger partial charge in [-0.15, -0.1) is 0 Å². The Morgan fingerprint density at radius 3 is 2.33 bits per heavy atom. The van der Waals surface area contributed by atoms with Crippen LogP contribution in [0.15, 0.2) is 30.3 Å². The largest absolute Gasteiger partial charge is 0.388 e. The molecule has 5 nitrogen and oxygen atoms in total. The molecule has 0 aromatic heterocycles. The van der Waals surface area contributed by atoms with Crippen molar-refractivity contribution in [3.05, 3.63) is 57.6 Å². The molecular weight excluding hydrogens is 280 g/mol. The molecule has 0 saturated heterocycles. The standard InChI is InChI=1S/C14H13F2N3O2/c1-8-3-13(16)14(7-12(8)15)18-10-4-9(17-2)5-11(6-10)19(20)21/h3-7,17-18H,1-2H3. The number of aryl methyl sites for hydroxylation is 1. The summed E-state index contributed by atoms with van der Waals surface area (Å²) in [5, 5.41) is 16.3. The molecule has 0 aliphatic rings. The van der Waals surface area contributed by atoms with Crippen molar-refractivity contribution in [3.63, 3.8) is 0 Å². The third kappa shape index (κ3) is 3.25. The minimum Gasteiger partial charge on any atom is -0.388 e. The summed E-state index contributed by atoms with van der Waals surface area (Å²) in [4.78, 5) is 10.3. The molecule has 2 aromatic rings. The zero-order valence-corrected chi connectivity index (χ0v) is 11.4. The molecule has 21 heavy (non-hydrogen) atoms. The van der Waals surface area contributed by atoms with Gasteiger partial charge >= 0.3 is 0 Å². The monoisotopic (exact) mass is 293 g/mol. The van der Waals surface area contributed by atoms with E-state index in [1.807, 2.05) is 0 Å². The summed E-state index contributed by atoms with van der Waals surface area (Å²) in [6.07, 6.45) is 0. The van der Waals surface area contributed by atoms with Crippen LogP contribution in [-0.2, 0) is 0 Å². The SMILES string of the molecule is CNc1cc(Nc2cc(F)c(C)cc2F)cc([N+](=O)[O-])c1. The lowest BCUT2D eigenvalue weighted by molar-refractivity contribution is -0.384. The number of nitro benzene ring substituents is 1. The van der Waals surface area contributed by atoms with E-state index in [1.165, 1.54) is 19.1 Å². The summed E-state index contributed by atoms with van der Waals surface area (Å²) in [7, 11) is 1.61. The van der Waals surface area contributed by atoms with E-state index in [0.29, 0.717) is 5.69 Å². The first kappa shape index (κ1) is 14.7. The summed E-state index contributed by atoms with van der Waals surface area (Å²) in [6, 6.07) is 6.23. The van der Waals surface area contributed by atoms with E-state index in [-0.39, 0.29) is 22.6 Å². The molecule has 0 aliphatic carbocycles. The Morgan fingerprint density at radius 1 is 1.05 bits per heavy atom. The van der Waals surface area contributed by atoms with E-state index in [4.69, 9.17) is 0 Å². The summed E-state index contributed by atoms with van der Waals surface area (Å²) in [5.41, 5.74) is 0.724. The van der Waals surface area contributed by atoms with Crippen molar-refractivity contribution in [3.8, 4) is 0 Å². The van der Waals surface area contributed by atoms with Gasteiger partial charge in [-0.1, -0.05) is 0 Å². The molecule has 0 spiro atoms. The second-order valence-corrected chi connectivity index (χ2v) is 4.48. The van der Waals surface area contributed by atoms with Crippen molar-refractivity contribution >= 4 is 22.7 Å². The zero-order valence-electron chi connectivity index (χ0n) is 11.4. The van der Waals surface area contributed by atoms with Gasteiger partial charge in [0.05, 0.1) is 10.6 Å². The number of hydrogen-bond donors (Lipinski definition) is 2. The van der Waals surface area contributed by atoms with Crippen LogP contribution in [-0.4, -0.2) is 12.0 Å². The average molecular weight is 293 g/mol. The zero-order chi connectivity index (χ0) is 15.6. The van der Waals surface area contributed by atoms with E-state index in [2.05, 4.69) is 10.6 Å². The van der Waals surface area contributed by atoms with Gasteiger partial charge in [0, 0.05) is 36.6 Å². The fourth-order valence-corrected chi connectivity index (χ4v) is 1.83. The third-order valence-electron chi connectivity index (χ3n) is 2.94. The van der Waals surface area contributed by atoms with Gasteiger partial charge in [0.15, 0.2) is 0 Å². The number of nitro groups is 1. The Bertz CT molecular complexity index is 705. The highest BCUT2D eigenvalue weighted by Gasteiger charge is 2.12.